The van der Waals surface area contributed by atoms with Gasteiger partial charge in [-0.1, -0.05) is 35.3 Å². The van der Waals surface area contributed by atoms with E-state index >= 15 is 0 Å². The second-order valence-corrected chi connectivity index (χ2v) is 5.62. The van der Waals surface area contributed by atoms with Gasteiger partial charge in [-0.3, -0.25) is 0 Å². The zero-order valence-electron chi connectivity index (χ0n) is 12.3. The van der Waals surface area contributed by atoms with Crippen LogP contribution in [0.4, 0.5) is 23.1 Å². The van der Waals surface area contributed by atoms with Gasteiger partial charge < -0.3 is 10.6 Å². The van der Waals surface area contributed by atoms with E-state index < -0.39 is 0 Å². The largest absolute Gasteiger partial charge is 0.340 e. The Morgan fingerprint density at radius 2 is 1.71 bits per heavy atom. The van der Waals surface area contributed by atoms with Crippen molar-refractivity contribution in [3.05, 3.63) is 70.3 Å². The first kappa shape index (κ1) is 16.1. The molecule has 0 fully saturated rings. The van der Waals surface area contributed by atoms with E-state index in [0.29, 0.717) is 33.1 Å². The lowest BCUT2D eigenvalue weighted by Crippen LogP contribution is -2.01. The maximum Gasteiger partial charge on any atom is 0.229 e. The van der Waals surface area contributed by atoms with Crippen molar-refractivity contribution >= 4 is 46.3 Å². The molecule has 1 aromatic heterocycles. The van der Waals surface area contributed by atoms with E-state index in [-0.39, 0.29) is 0 Å². The molecular formula is C17H11Cl2N5. The Morgan fingerprint density at radius 3 is 2.46 bits per heavy atom. The first-order valence-corrected chi connectivity index (χ1v) is 7.72. The number of para-hydroxylation sites is 1. The van der Waals surface area contributed by atoms with E-state index in [1.54, 1.807) is 48.7 Å². The molecule has 0 bridgehead atoms. The molecule has 0 aliphatic carbocycles. The van der Waals surface area contributed by atoms with Crippen LogP contribution < -0.4 is 10.6 Å². The van der Waals surface area contributed by atoms with Gasteiger partial charge in [-0.2, -0.15) is 10.2 Å². The van der Waals surface area contributed by atoms with Gasteiger partial charge in [0, 0.05) is 11.9 Å². The van der Waals surface area contributed by atoms with E-state index in [1.165, 1.54) is 0 Å². The third kappa shape index (κ3) is 3.74. The normalized spacial score (nSPS) is 10.0. The van der Waals surface area contributed by atoms with Gasteiger partial charge in [-0.05, 0) is 36.4 Å². The average Bonchev–Trinajstić information content (AvgIpc) is 2.59. The third-order valence-corrected chi connectivity index (χ3v) is 3.75. The Balaban J connectivity index is 1.83. The number of rotatable bonds is 4. The predicted octanol–water partition coefficient (Wildman–Crippen LogP) is 5.14. The van der Waals surface area contributed by atoms with Crippen LogP contribution >= 0.6 is 23.2 Å². The van der Waals surface area contributed by atoms with Gasteiger partial charge >= 0.3 is 0 Å². The molecule has 0 atom stereocenters. The zero-order valence-corrected chi connectivity index (χ0v) is 13.8. The van der Waals surface area contributed by atoms with Crippen molar-refractivity contribution in [2.75, 3.05) is 10.6 Å². The van der Waals surface area contributed by atoms with Gasteiger partial charge in [0.15, 0.2) is 0 Å². The maximum absolute atomic E-state index is 8.95. The molecule has 0 aliphatic heterocycles. The van der Waals surface area contributed by atoms with Crippen molar-refractivity contribution in [3.63, 3.8) is 0 Å². The van der Waals surface area contributed by atoms with Crippen LogP contribution in [0.1, 0.15) is 5.56 Å². The first-order valence-electron chi connectivity index (χ1n) is 6.97. The Kier molecular flexibility index (Phi) is 4.80. The molecule has 0 aliphatic rings. The van der Waals surface area contributed by atoms with Gasteiger partial charge in [-0.15, -0.1) is 0 Å². The van der Waals surface area contributed by atoms with Gasteiger partial charge in [0.25, 0.3) is 0 Å². The molecule has 0 unspecified atom stereocenters. The molecular weight excluding hydrogens is 345 g/mol. The molecule has 1 heterocycles. The second kappa shape index (κ2) is 7.18. The van der Waals surface area contributed by atoms with Gasteiger partial charge in [0.1, 0.15) is 5.82 Å². The zero-order chi connectivity index (χ0) is 16.9. The molecule has 118 valence electrons. The first-order chi connectivity index (χ1) is 11.7. The van der Waals surface area contributed by atoms with Crippen LogP contribution in [0.15, 0.2) is 54.7 Å². The lowest BCUT2D eigenvalue weighted by atomic mass is 10.2. The molecule has 0 saturated carbocycles. The molecule has 0 spiro atoms. The Labute approximate surface area is 148 Å². The summed E-state index contributed by atoms with van der Waals surface area (Å²) in [7, 11) is 0. The molecule has 3 aromatic rings. The number of anilines is 4. The highest BCUT2D eigenvalue weighted by Crippen LogP contribution is 2.31. The van der Waals surface area contributed by atoms with Crippen LogP contribution in [-0.2, 0) is 0 Å². The summed E-state index contributed by atoms with van der Waals surface area (Å²) in [6.07, 6.45) is 1.61. The molecule has 0 amide bonds. The quantitative estimate of drug-likeness (QED) is 0.677. The lowest BCUT2D eigenvalue weighted by Gasteiger charge is -2.10. The molecule has 3 rings (SSSR count). The Morgan fingerprint density at radius 1 is 0.958 bits per heavy atom. The number of nitrogens with one attached hydrogen (secondary N) is 2. The van der Waals surface area contributed by atoms with Crippen LogP contribution in [0.25, 0.3) is 0 Å². The highest BCUT2D eigenvalue weighted by molar-refractivity contribution is 6.39. The summed E-state index contributed by atoms with van der Waals surface area (Å²) in [6.45, 7) is 0. The summed E-state index contributed by atoms with van der Waals surface area (Å²) in [5.74, 6) is 0.928. The third-order valence-electron chi connectivity index (χ3n) is 3.12. The minimum atomic E-state index is 0.353. The Bertz CT molecular complexity index is 901. The van der Waals surface area contributed by atoms with Crippen molar-refractivity contribution in [2.24, 2.45) is 0 Å². The van der Waals surface area contributed by atoms with Crippen LogP contribution in [0, 0.1) is 11.3 Å². The van der Waals surface area contributed by atoms with Gasteiger partial charge in [-0.25, -0.2) is 4.98 Å². The van der Waals surface area contributed by atoms with Crippen molar-refractivity contribution in [2.45, 2.75) is 0 Å². The van der Waals surface area contributed by atoms with Crippen LogP contribution in [0.2, 0.25) is 10.0 Å². The average molecular weight is 356 g/mol. The highest BCUT2D eigenvalue weighted by atomic mass is 35.5. The predicted molar refractivity (Wildman–Crippen MR) is 96.2 cm³/mol. The monoisotopic (exact) mass is 355 g/mol. The fraction of sp³-hybridized carbons (Fsp3) is 0. The van der Waals surface area contributed by atoms with E-state index in [4.69, 9.17) is 28.5 Å². The van der Waals surface area contributed by atoms with E-state index in [2.05, 4.69) is 26.7 Å². The fourth-order valence-electron chi connectivity index (χ4n) is 2.03. The number of nitrogens with zero attached hydrogens (tertiary/aromatic N) is 3. The number of hydrogen-bond acceptors (Lipinski definition) is 5. The van der Waals surface area contributed by atoms with Crippen LogP contribution in [0.3, 0.4) is 0 Å². The summed E-state index contributed by atoms with van der Waals surface area (Å²) in [6, 6.07) is 16.1. The van der Waals surface area contributed by atoms with E-state index in [0.717, 1.165) is 5.69 Å². The number of hydrogen-bond donors (Lipinski definition) is 2. The summed E-state index contributed by atoms with van der Waals surface area (Å²) >= 11 is 12.3. The molecule has 0 saturated heterocycles. The smallest absolute Gasteiger partial charge is 0.229 e. The maximum atomic E-state index is 8.95. The minimum Gasteiger partial charge on any atom is -0.340 e. The van der Waals surface area contributed by atoms with Crippen LogP contribution in [0.5, 0.6) is 0 Å². The van der Waals surface area contributed by atoms with Crippen molar-refractivity contribution < 1.29 is 0 Å². The topological polar surface area (TPSA) is 73.6 Å². The van der Waals surface area contributed by atoms with E-state index in [9.17, 15) is 0 Å². The minimum absolute atomic E-state index is 0.353. The molecule has 24 heavy (non-hydrogen) atoms. The molecule has 2 aromatic carbocycles. The summed E-state index contributed by atoms with van der Waals surface area (Å²) < 4.78 is 0. The number of halogens is 2. The lowest BCUT2D eigenvalue weighted by molar-refractivity contribution is 1.17. The number of nitriles is 1. The molecule has 7 heteroatoms. The van der Waals surface area contributed by atoms with Gasteiger partial charge in [0.05, 0.1) is 27.4 Å². The highest BCUT2D eigenvalue weighted by Gasteiger charge is 2.08. The standard InChI is InChI=1S/C17H11Cl2N5/c18-13-5-2-6-14(19)16(13)24-17-21-8-7-15(23-17)22-12-4-1-3-11(9-12)10-20/h1-9H,(H2,21,22,23,24). The fourth-order valence-corrected chi connectivity index (χ4v) is 2.52. The molecule has 0 radical (unpaired) electrons. The molecule has 2 N–H and O–H groups in total. The molecule has 5 nitrogen and oxygen atoms in total. The second-order valence-electron chi connectivity index (χ2n) is 4.80. The summed E-state index contributed by atoms with van der Waals surface area (Å²) in [5, 5.41) is 16.0. The van der Waals surface area contributed by atoms with Gasteiger partial charge in [0.2, 0.25) is 5.95 Å². The van der Waals surface area contributed by atoms with E-state index in [1.807, 2.05) is 6.07 Å². The summed E-state index contributed by atoms with van der Waals surface area (Å²) in [4.78, 5) is 8.53. The SMILES string of the molecule is N#Cc1cccc(Nc2ccnc(Nc3c(Cl)cccc3Cl)n2)c1. The number of benzene rings is 2. The van der Waals surface area contributed by atoms with Crippen molar-refractivity contribution in [3.8, 4) is 6.07 Å². The van der Waals surface area contributed by atoms with Crippen molar-refractivity contribution in [1.29, 1.82) is 5.26 Å². The van der Waals surface area contributed by atoms with Crippen LogP contribution in [-0.4, -0.2) is 9.97 Å². The summed E-state index contributed by atoms with van der Waals surface area (Å²) in [5.41, 5.74) is 1.87. The number of aromatic nitrogens is 2. The van der Waals surface area contributed by atoms with Crippen molar-refractivity contribution in [1.82, 2.24) is 9.97 Å². The Hall–Kier alpha value is -2.81.